The molecule has 18 heavy (non-hydrogen) atoms. The van der Waals surface area contributed by atoms with Gasteiger partial charge in [0.15, 0.2) is 0 Å². The van der Waals surface area contributed by atoms with E-state index in [0.29, 0.717) is 10.9 Å². The molecule has 0 spiro atoms. The molecule has 94 valence electrons. The highest BCUT2D eigenvalue weighted by Crippen LogP contribution is 2.26. The molecular weight excluding hydrogens is 240 g/mol. The summed E-state index contributed by atoms with van der Waals surface area (Å²) in [6, 6.07) is 6.26. The van der Waals surface area contributed by atoms with Crippen molar-refractivity contribution < 1.29 is 0 Å². The summed E-state index contributed by atoms with van der Waals surface area (Å²) in [7, 11) is 0. The van der Waals surface area contributed by atoms with Crippen LogP contribution in [0.5, 0.6) is 0 Å². The Labute approximate surface area is 113 Å². The van der Waals surface area contributed by atoms with Crippen LogP contribution in [0.2, 0.25) is 0 Å². The minimum Gasteiger partial charge on any atom is -0.389 e. The zero-order valence-electron chi connectivity index (χ0n) is 11.2. The Balaban J connectivity index is 2.90. The van der Waals surface area contributed by atoms with E-state index in [1.165, 1.54) is 11.1 Å². The van der Waals surface area contributed by atoms with Gasteiger partial charge in [-0.25, -0.2) is 0 Å². The van der Waals surface area contributed by atoms with Gasteiger partial charge in [0.1, 0.15) is 4.99 Å². The van der Waals surface area contributed by atoms with Crippen LogP contribution in [-0.2, 0) is 0 Å². The summed E-state index contributed by atoms with van der Waals surface area (Å²) in [5.41, 5.74) is 11.2. The Kier molecular flexibility index (Phi) is 3.35. The lowest BCUT2D eigenvalue weighted by Gasteiger charge is -2.13. The van der Waals surface area contributed by atoms with Crippen molar-refractivity contribution >= 4 is 28.1 Å². The molecule has 1 aromatic carbocycles. The highest BCUT2D eigenvalue weighted by Gasteiger charge is 2.12. The molecule has 0 fully saturated rings. The minimum absolute atomic E-state index is 0.364. The topological polar surface area (TPSA) is 38.9 Å². The fourth-order valence-corrected chi connectivity index (χ4v) is 2.43. The zero-order chi connectivity index (χ0) is 13.4. The standard InChI is InChI=1S/C15H18N2S/c1-8(2)12-7-11(15(16)18)14-10(4)5-9(3)6-13(14)17-12/h5-8H,1-4H3,(H2,16,18). The van der Waals surface area contributed by atoms with Crippen molar-refractivity contribution in [2.75, 3.05) is 0 Å². The summed E-state index contributed by atoms with van der Waals surface area (Å²) in [4.78, 5) is 5.17. The van der Waals surface area contributed by atoms with E-state index in [4.69, 9.17) is 22.9 Å². The number of aromatic nitrogens is 1. The van der Waals surface area contributed by atoms with Crippen LogP contribution in [0.3, 0.4) is 0 Å². The van der Waals surface area contributed by atoms with E-state index in [2.05, 4.69) is 39.8 Å². The lowest BCUT2D eigenvalue weighted by atomic mass is 9.98. The molecule has 0 bridgehead atoms. The van der Waals surface area contributed by atoms with Crippen molar-refractivity contribution in [2.24, 2.45) is 5.73 Å². The van der Waals surface area contributed by atoms with Crippen molar-refractivity contribution in [3.63, 3.8) is 0 Å². The molecule has 0 aliphatic rings. The minimum atomic E-state index is 0.364. The number of pyridine rings is 1. The number of aryl methyl sites for hydroxylation is 2. The lowest BCUT2D eigenvalue weighted by Crippen LogP contribution is -2.12. The van der Waals surface area contributed by atoms with Crippen molar-refractivity contribution in [1.82, 2.24) is 4.98 Å². The van der Waals surface area contributed by atoms with Crippen LogP contribution in [0, 0.1) is 13.8 Å². The number of fused-ring (bicyclic) bond motifs is 1. The Morgan fingerprint density at radius 2 is 1.89 bits per heavy atom. The second-order valence-electron chi connectivity index (χ2n) is 5.09. The SMILES string of the molecule is Cc1cc(C)c2c(C(N)=S)cc(C(C)C)nc2c1. The summed E-state index contributed by atoms with van der Waals surface area (Å²) < 4.78 is 0. The highest BCUT2D eigenvalue weighted by atomic mass is 32.1. The van der Waals surface area contributed by atoms with Gasteiger partial charge in [0.2, 0.25) is 0 Å². The number of nitrogens with zero attached hydrogens (tertiary/aromatic N) is 1. The number of thiocarbonyl (C=S) groups is 1. The first kappa shape index (κ1) is 13.0. The van der Waals surface area contributed by atoms with Crippen LogP contribution in [0.4, 0.5) is 0 Å². The molecule has 0 saturated carbocycles. The lowest BCUT2D eigenvalue weighted by molar-refractivity contribution is 0.829. The quantitative estimate of drug-likeness (QED) is 0.836. The van der Waals surface area contributed by atoms with E-state index >= 15 is 0 Å². The van der Waals surface area contributed by atoms with E-state index in [1.54, 1.807) is 0 Å². The van der Waals surface area contributed by atoms with Gasteiger partial charge >= 0.3 is 0 Å². The van der Waals surface area contributed by atoms with Crippen LogP contribution in [0.15, 0.2) is 18.2 Å². The van der Waals surface area contributed by atoms with Gasteiger partial charge in [-0.1, -0.05) is 32.1 Å². The van der Waals surface area contributed by atoms with E-state index in [0.717, 1.165) is 22.2 Å². The van der Waals surface area contributed by atoms with E-state index in [9.17, 15) is 0 Å². The van der Waals surface area contributed by atoms with Gasteiger partial charge in [0.05, 0.1) is 5.52 Å². The maximum absolute atomic E-state index is 5.86. The number of hydrogen-bond acceptors (Lipinski definition) is 2. The first-order valence-corrected chi connectivity index (χ1v) is 6.52. The Morgan fingerprint density at radius 1 is 1.22 bits per heavy atom. The van der Waals surface area contributed by atoms with E-state index in [1.807, 2.05) is 6.07 Å². The molecule has 1 aromatic heterocycles. The molecule has 0 saturated heterocycles. The molecule has 0 aliphatic carbocycles. The van der Waals surface area contributed by atoms with Gasteiger partial charge in [-0.05, 0) is 43.0 Å². The predicted octanol–water partition coefficient (Wildman–Crippen LogP) is 3.61. The van der Waals surface area contributed by atoms with Crippen LogP contribution >= 0.6 is 12.2 Å². The average Bonchev–Trinajstić information content (AvgIpc) is 2.26. The molecule has 0 atom stereocenters. The van der Waals surface area contributed by atoms with Gasteiger partial charge in [-0.15, -0.1) is 0 Å². The molecule has 3 heteroatoms. The van der Waals surface area contributed by atoms with Crippen molar-refractivity contribution in [2.45, 2.75) is 33.6 Å². The van der Waals surface area contributed by atoms with Gasteiger partial charge in [-0.3, -0.25) is 4.98 Å². The molecule has 2 nitrogen and oxygen atoms in total. The van der Waals surface area contributed by atoms with Crippen LogP contribution in [0.25, 0.3) is 10.9 Å². The van der Waals surface area contributed by atoms with Gasteiger partial charge in [0, 0.05) is 16.6 Å². The number of benzene rings is 1. The molecule has 2 rings (SSSR count). The molecule has 0 aliphatic heterocycles. The Bertz CT molecular complexity index is 630. The van der Waals surface area contributed by atoms with Crippen molar-refractivity contribution in [3.8, 4) is 0 Å². The normalized spacial score (nSPS) is 11.2. The number of hydrogen-bond donors (Lipinski definition) is 1. The van der Waals surface area contributed by atoms with Crippen LogP contribution < -0.4 is 5.73 Å². The fourth-order valence-electron chi connectivity index (χ4n) is 2.27. The van der Waals surface area contributed by atoms with Crippen molar-refractivity contribution in [1.29, 1.82) is 0 Å². The first-order chi connectivity index (χ1) is 8.40. The van der Waals surface area contributed by atoms with E-state index < -0.39 is 0 Å². The summed E-state index contributed by atoms with van der Waals surface area (Å²) >= 11 is 5.18. The second kappa shape index (κ2) is 4.65. The third-order valence-electron chi connectivity index (χ3n) is 3.13. The predicted molar refractivity (Wildman–Crippen MR) is 81.2 cm³/mol. The molecule has 0 amide bonds. The van der Waals surface area contributed by atoms with Gasteiger partial charge < -0.3 is 5.73 Å². The smallest absolute Gasteiger partial charge is 0.104 e. The van der Waals surface area contributed by atoms with E-state index in [-0.39, 0.29) is 0 Å². The van der Waals surface area contributed by atoms with Gasteiger partial charge in [0.25, 0.3) is 0 Å². The molecule has 0 radical (unpaired) electrons. The van der Waals surface area contributed by atoms with Crippen LogP contribution in [-0.4, -0.2) is 9.97 Å². The third kappa shape index (κ3) is 2.23. The fraction of sp³-hybridized carbons (Fsp3) is 0.333. The second-order valence-corrected chi connectivity index (χ2v) is 5.53. The zero-order valence-corrected chi connectivity index (χ0v) is 12.1. The molecule has 1 heterocycles. The van der Waals surface area contributed by atoms with Gasteiger partial charge in [-0.2, -0.15) is 0 Å². The monoisotopic (exact) mass is 258 g/mol. The summed E-state index contributed by atoms with van der Waals surface area (Å²) in [5, 5.41) is 1.08. The van der Waals surface area contributed by atoms with Crippen molar-refractivity contribution in [3.05, 3.63) is 40.6 Å². The number of nitrogens with two attached hydrogens (primary N) is 1. The maximum Gasteiger partial charge on any atom is 0.104 e. The largest absolute Gasteiger partial charge is 0.389 e. The third-order valence-corrected chi connectivity index (χ3v) is 3.35. The Morgan fingerprint density at radius 3 is 2.44 bits per heavy atom. The molecular formula is C15H18N2S. The molecule has 2 aromatic rings. The Hall–Kier alpha value is -1.48. The summed E-state index contributed by atoms with van der Waals surface area (Å²) in [6.07, 6.45) is 0. The number of rotatable bonds is 2. The molecule has 0 unspecified atom stereocenters. The average molecular weight is 258 g/mol. The molecule has 2 N–H and O–H groups in total. The highest BCUT2D eigenvalue weighted by molar-refractivity contribution is 7.80. The maximum atomic E-state index is 5.86. The first-order valence-electron chi connectivity index (χ1n) is 6.12. The summed E-state index contributed by atoms with van der Waals surface area (Å²) in [5.74, 6) is 0.364. The van der Waals surface area contributed by atoms with Crippen LogP contribution in [0.1, 0.15) is 42.1 Å². The summed E-state index contributed by atoms with van der Waals surface area (Å²) in [6.45, 7) is 8.41.